The van der Waals surface area contributed by atoms with Crippen LogP contribution < -0.4 is 10.0 Å². The second-order valence-electron chi connectivity index (χ2n) is 3.13. The summed E-state index contributed by atoms with van der Waals surface area (Å²) >= 11 is 0. The van der Waals surface area contributed by atoms with Crippen LogP contribution in [0.1, 0.15) is 6.42 Å². The summed E-state index contributed by atoms with van der Waals surface area (Å²) in [6, 6.07) is 0. The zero-order chi connectivity index (χ0) is 10.4. The maximum atomic E-state index is 11.6. The molecular weight excluding hydrogens is 202 g/mol. The summed E-state index contributed by atoms with van der Waals surface area (Å²) in [7, 11) is -3.26. The van der Waals surface area contributed by atoms with Crippen molar-refractivity contribution in [3.63, 3.8) is 0 Å². The molecule has 82 valence electrons. The van der Waals surface area contributed by atoms with Gasteiger partial charge in [0.2, 0.25) is 0 Å². The number of hydrogen-bond acceptors (Lipinski definition) is 3. The average molecular weight is 219 g/mol. The lowest BCUT2D eigenvalue weighted by Crippen LogP contribution is -2.50. The van der Waals surface area contributed by atoms with Gasteiger partial charge in [0.15, 0.2) is 0 Å². The maximum absolute atomic E-state index is 11.6. The van der Waals surface area contributed by atoms with Gasteiger partial charge in [-0.1, -0.05) is 6.08 Å². The number of nitrogens with zero attached hydrogens (tertiary/aromatic N) is 1. The normalized spacial score (nSPS) is 19.4. The van der Waals surface area contributed by atoms with Gasteiger partial charge in [0.05, 0.1) is 0 Å². The Balaban J connectivity index is 2.42. The van der Waals surface area contributed by atoms with E-state index in [-0.39, 0.29) is 0 Å². The van der Waals surface area contributed by atoms with Gasteiger partial charge in [-0.3, -0.25) is 0 Å². The Morgan fingerprint density at radius 3 is 2.64 bits per heavy atom. The van der Waals surface area contributed by atoms with E-state index in [1.54, 1.807) is 6.08 Å². The first-order chi connectivity index (χ1) is 6.67. The smallest absolute Gasteiger partial charge is 0.279 e. The van der Waals surface area contributed by atoms with Crippen LogP contribution in [-0.2, 0) is 10.2 Å². The van der Waals surface area contributed by atoms with Crippen molar-refractivity contribution >= 4 is 10.2 Å². The topological polar surface area (TPSA) is 61.4 Å². The van der Waals surface area contributed by atoms with Gasteiger partial charge in [-0.05, 0) is 6.42 Å². The van der Waals surface area contributed by atoms with E-state index in [1.807, 2.05) is 0 Å². The fraction of sp³-hybridized carbons (Fsp3) is 0.750. The molecule has 1 saturated heterocycles. The number of nitrogens with one attached hydrogen (secondary N) is 2. The second kappa shape index (κ2) is 5.45. The van der Waals surface area contributed by atoms with Crippen LogP contribution in [0.5, 0.6) is 0 Å². The van der Waals surface area contributed by atoms with Crippen LogP contribution in [0.3, 0.4) is 0 Å². The molecule has 0 aromatic carbocycles. The van der Waals surface area contributed by atoms with Gasteiger partial charge in [0, 0.05) is 32.7 Å². The molecule has 0 radical (unpaired) electrons. The Kier molecular flexibility index (Phi) is 4.53. The van der Waals surface area contributed by atoms with Gasteiger partial charge >= 0.3 is 0 Å². The third-order valence-electron chi connectivity index (χ3n) is 2.05. The third-order valence-corrected chi connectivity index (χ3v) is 3.66. The third kappa shape index (κ3) is 3.38. The number of hydrogen-bond donors (Lipinski definition) is 2. The van der Waals surface area contributed by atoms with Crippen molar-refractivity contribution in [3.05, 3.63) is 12.7 Å². The van der Waals surface area contributed by atoms with Crippen molar-refractivity contribution in [1.82, 2.24) is 14.3 Å². The Bertz CT molecular complexity index is 270. The predicted octanol–water partition coefficient (Wildman–Crippen LogP) is -0.698. The summed E-state index contributed by atoms with van der Waals surface area (Å²) in [4.78, 5) is 0. The van der Waals surface area contributed by atoms with Crippen LogP contribution >= 0.6 is 0 Å². The van der Waals surface area contributed by atoms with Crippen LogP contribution in [-0.4, -0.2) is 45.4 Å². The van der Waals surface area contributed by atoms with Crippen molar-refractivity contribution < 1.29 is 8.42 Å². The van der Waals surface area contributed by atoms with Crippen LogP contribution in [0.25, 0.3) is 0 Å². The summed E-state index contributed by atoms with van der Waals surface area (Å²) in [6.07, 6.45) is 2.35. The highest BCUT2D eigenvalue weighted by molar-refractivity contribution is 7.87. The molecule has 1 rings (SSSR count). The summed E-state index contributed by atoms with van der Waals surface area (Å²) in [5, 5.41) is 3.10. The lowest BCUT2D eigenvalue weighted by molar-refractivity contribution is 0.355. The minimum Gasteiger partial charge on any atom is -0.314 e. The molecule has 6 heteroatoms. The van der Waals surface area contributed by atoms with Crippen LogP contribution in [0.4, 0.5) is 0 Å². The molecule has 0 bridgehead atoms. The summed E-state index contributed by atoms with van der Waals surface area (Å²) in [5.74, 6) is 0. The fourth-order valence-electron chi connectivity index (χ4n) is 1.27. The molecule has 1 fully saturated rings. The molecule has 0 amide bonds. The molecule has 14 heavy (non-hydrogen) atoms. The van der Waals surface area contributed by atoms with Crippen molar-refractivity contribution in [2.45, 2.75) is 6.42 Å². The monoisotopic (exact) mass is 219 g/mol. The Morgan fingerprint density at radius 2 is 2.07 bits per heavy atom. The molecule has 0 spiro atoms. The zero-order valence-corrected chi connectivity index (χ0v) is 9.02. The summed E-state index contributed by atoms with van der Waals surface area (Å²) in [6.45, 7) is 6.50. The minimum atomic E-state index is -3.26. The van der Waals surface area contributed by atoms with Crippen LogP contribution in [0, 0.1) is 0 Å². The lowest BCUT2D eigenvalue weighted by Gasteiger charge is -2.26. The van der Waals surface area contributed by atoms with E-state index in [0.717, 1.165) is 13.1 Å². The quantitative estimate of drug-likeness (QED) is 0.475. The lowest BCUT2D eigenvalue weighted by atomic mass is 10.4. The molecule has 0 unspecified atom stereocenters. The molecule has 1 heterocycles. The summed E-state index contributed by atoms with van der Waals surface area (Å²) in [5.41, 5.74) is 0. The SMILES string of the molecule is C=CCCNS(=O)(=O)N1CCNCC1. The maximum Gasteiger partial charge on any atom is 0.279 e. The first kappa shape index (κ1) is 11.6. The average Bonchev–Trinajstić information content (AvgIpc) is 2.19. The Labute approximate surface area is 85.4 Å². The minimum absolute atomic E-state index is 0.426. The zero-order valence-electron chi connectivity index (χ0n) is 8.20. The molecule has 0 aliphatic carbocycles. The van der Waals surface area contributed by atoms with Crippen LogP contribution in [0.15, 0.2) is 12.7 Å². The molecule has 2 N–H and O–H groups in total. The molecular formula is C8H17N3O2S. The predicted molar refractivity (Wildman–Crippen MR) is 56.2 cm³/mol. The van der Waals surface area contributed by atoms with Gasteiger partial charge in [-0.25, -0.2) is 4.72 Å². The van der Waals surface area contributed by atoms with Gasteiger partial charge in [-0.2, -0.15) is 12.7 Å². The standard InChI is InChI=1S/C8H17N3O2S/c1-2-3-4-10-14(12,13)11-7-5-9-6-8-11/h2,9-10H,1,3-8H2. The van der Waals surface area contributed by atoms with Gasteiger partial charge in [0.1, 0.15) is 0 Å². The highest BCUT2D eigenvalue weighted by Gasteiger charge is 2.22. The van der Waals surface area contributed by atoms with E-state index in [9.17, 15) is 8.42 Å². The van der Waals surface area contributed by atoms with Gasteiger partial charge in [0.25, 0.3) is 10.2 Å². The van der Waals surface area contributed by atoms with Crippen molar-refractivity contribution in [1.29, 1.82) is 0 Å². The van der Waals surface area contributed by atoms with E-state index >= 15 is 0 Å². The van der Waals surface area contributed by atoms with Gasteiger partial charge in [-0.15, -0.1) is 6.58 Å². The first-order valence-electron chi connectivity index (χ1n) is 4.73. The highest BCUT2D eigenvalue weighted by Crippen LogP contribution is 1.99. The molecule has 0 atom stereocenters. The second-order valence-corrected chi connectivity index (χ2v) is 4.88. The number of piperazine rings is 1. The van der Waals surface area contributed by atoms with E-state index < -0.39 is 10.2 Å². The van der Waals surface area contributed by atoms with Crippen LogP contribution in [0.2, 0.25) is 0 Å². The van der Waals surface area contributed by atoms with Crippen molar-refractivity contribution in [2.75, 3.05) is 32.7 Å². The highest BCUT2D eigenvalue weighted by atomic mass is 32.2. The molecule has 0 aromatic heterocycles. The van der Waals surface area contributed by atoms with Crippen molar-refractivity contribution in [2.24, 2.45) is 0 Å². The van der Waals surface area contributed by atoms with E-state index in [4.69, 9.17) is 0 Å². The number of rotatable bonds is 5. The largest absolute Gasteiger partial charge is 0.314 e. The Hall–Kier alpha value is -0.430. The molecule has 0 aromatic rings. The molecule has 5 nitrogen and oxygen atoms in total. The Morgan fingerprint density at radius 1 is 1.43 bits per heavy atom. The first-order valence-corrected chi connectivity index (χ1v) is 6.17. The van der Waals surface area contributed by atoms with Gasteiger partial charge < -0.3 is 5.32 Å². The summed E-state index contributed by atoms with van der Waals surface area (Å²) < 4.78 is 27.2. The van der Waals surface area contributed by atoms with E-state index in [0.29, 0.717) is 26.1 Å². The molecule has 1 aliphatic rings. The molecule has 0 saturated carbocycles. The van der Waals surface area contributed by atoms with E-state index in [2.05, 4.69) is 16.6 Å². The fourth-order valence-corrected chi connectivity index (χ4v) is 2.49. The van der Waals surface area contributed by atoms with Crippen molar-refractivity contribution in [3.8, 4) is 0 Å². The molecule has 1 aliphatic heterocycles. The van der Waals surface area contributed by atoms with E-state index in [1.165, 1.54) is 4.31 Å².